The van der Waals surface area contributed by atoms with E-state index in [2.05, 4.69) is 5.10 Å². The van der Waals surface area contributed by atoms with Gasteiger partial charge in [0.1, 0.15) is 5.82 Å². The van der Waals surface area contributed by atoms with E-state index in [1.54, 1.807) is 16.8 Å². The minimum Gasteiger partial charge on any atom is -0.331 e. The van der Waals surface area contributed by atoms with Crippen molar-refractivity contribution >= 4 is 5.91 Å². The first-order chi connectivity index (χ1) is 10.6. The van der Waals surface area contributed by atoms with Crippen LogP contribution >= 0.6 is 0 Å². The van der Waals surface area contributed by atoms with E-state index < -0.39 is 0 Å². The number of benzene rings is 1. The number of hydrogen-bond donors (Lipinski definition) is 0. The van der Waals surface area contributed by atoms with Crippen LogP contribution in [0.15, 0.2) is 36.7 Å². The van der Waals surface area contributed by atoms with Crippen LogP contribution in [0, 0.1) is 5.82 Å². The van der Waals surface area contributed by atoms with Crippen LogP contribution in [0.2, 0.25) is 0 Å². The summed E-state index contributed by atoms with van der Waals surface area (Å²) in [5.41, 5.74) is 1.46. The number of amides is 1. The lowest BCUT2D eigenvalue weighted by Crippen LogP contribution is -2.34. The Morgan fingerprint density at radius 2 is 2.18 bits per heavy atom. The number of carbonyl (C=O) groups is 1. The van der Waals surface area contributed by atoms with Crippen LogP contribution in [-0.2, 0) is 7.05 Å². The van der Waals surface area contributed by atoms with Crippen LogP contribution < -0.4 is 0 Å². The van der Waals surface area contributed by atoms with E-state index in [1.165, 1.54) is 12.1 Å². The molecule has 1 aromatic carbocycles. The molecule has 2 heterocycles. The van der Waals surface area contributed by atoms with E-state index in [1.807, 2.05) is 24.3 Å². The fourth-order valence-electron chi connectivity index (χ4n) is 3.10. The molecular formula is C17H20FN3O. The lowest BCUT2D eigenvalue weighted by molar-refractivity contribution is 0.0680. The lowest BCUT2D eigenvalue weighted by atomic mass is 10.0. The van der Waals surface area contributed by atoms with Gasteiger partial charge in [0.05, 0.1) is 12.2 Å². The molecule has 1 aliphatic heterocycles. The second kappa shape index (κ2) is 6.30. The molecule has 0 unspecified atom stereocenters. The minimum atomic E-state index is -0.376. The number of likely N-dealkylation sites (tertiary alicyclic amines) is 1. The van der Waals surface area contributed by atoms with Gasteiger partial charge in [0.2, 0.25) is 0 Å². The zero-order valence-corrected chi connectivity index (χ0v) is 12.7. The van der Waals surface area contributed by atoms with Gasteiger partial charge in [0.25, 0.3) is 5.91 Å². The number of aromatic nitrogens is 2. The van der Waals surface area contributed by atoms with Crippen LogP contribution in [0.4, 0.5) is 4.39 Å². The summed E-state index contributed by atoms with van der Waals surface area (Å²) in [5, 5.41) is 4.22. The third-order valence-corrected chi connectivity index (χ3v) is 4.19. The SMILES string of the molecule is Cn1cc([C@@H]2CCCCCN2C(=O)c2cccc(F)c2)cn1. The Balaban J connectivity index is 1.91. The summed E-state index contributed by atoms with van der Waals surface area (Å²) in [6.45, 7) is 0.703. The highest BCUT2D eigenvalue weighted by molar-refractivity contribution is 5.94. The summed E-state index contributed by atoms with van der Waals surface area (Å²) in [5.74, 6) is -0.478. The van der Waals surface area contributed by atoms with Crippen LogP contribution in [0.3, 0.4) is 0 Å². The number of hydrogen-bond acceptors (Lipinski definition) is 2. The largest absolute Gasteiger partial charge is 0.331 e. The van der Waals surface area contributed by atoms with Gasteiger partial charge >= 0.3 is 0 Å². The van der Waals surface area contributed by atoms with Crippen LogP contribution in [0.25, 0.3) is 0 Å². The molecule has 0 radical (unpaired) electrons. The molecule has 1 saturated heterocycles. The summed E-state index contributed by atoms with van der Waals surface area (Å²) >= 11 is 0. The Morgan fingerprint density at radius 1 is 1.32 bits per heavy atom. The van der Waals surface area contributed by atoms with Crippen molar-refractivity contribution in [1.82, 2.24) is 14.7 Å². The number of aryl methyl sites for hydroxylation is 1. The van der Waals surface area contributed by atoms with E-state index in [0.29, 0.717) is 12.1 Å². The third-order valence-electron chi connectivity index (χ3n) is 4.19. The first-order valence-electron chi connectivity index (χ1n) is 7.70. The highest BCUT2D eigenvalue weighted by Gasteiger charge is 2.28. The fraction of sp³-hybridized carbons (Fsp3) is 0.412. The number of nitrogens with zero attached hydrogens (tertiary/aromatic N) is 3. The molecule has 4 nitrogen and oxygen atoms in total. The number of carbonyl (C=O) groups excluding carboxylic acids is 1. The Bertz CT molecular complexity index is 667. The highest BCUT2D eigenvalue weighted by atomic mass is 19.1. The van der Waals surface area contributed by atoms with Crippen LogP contribution in [0.1, 0.15) is 47.6 Å². The van der Waals surface area contributed by atoms with E-state index in [-0.39, 0.29) is 17.8 Å². The summed E-state index contributed by atoms with van der Waals surface area (Å²) in [6, 6.07) is 5.95. The zero-order chi connectivity index (χ0) is 15.5. The quantitative estimate of drug-likeness (QED) is 0.853. The molecule has 2 aromatic rings. The second-order valence-corrected chi connectivity index (χ2v) is 5.82. The Labute approximate surface area is 129 Å². The third kappa shape index (κ3) is 3.03. The molecule has 0 aliphatic carbocycles. The first-order valence-corrected chi connectivity index (χ1v) is 7.70. The Hall–Kier alpha value is -2.17. The van der Waals surface area contributed by atoms with Gasteiger partial charge in [0, 0.05) is 30.9 Å². The average Bonchev–Trinajstić information content (AvgIpc) is 2.80. The predicted octanol–water partition coefficient (Wildman–Crippen LogP) is 3.32. The van der Waals surface area contributed by atoms with E-state index in [0.717, 1.165) is 31.2 Å². The van der Waals surface area contributed by atoms with Gasteiger partial charge in [-0.05, 0) is 31.0 Å². The van der Waals surface area contributed by atoms with Gasteiger partial charge in [-0.25, -0.2) is 4.39 Å². The molecule has 0 saturated carbocycles. The van der Waals surface area contributed by atoms with Crippen LogP contribution in [-0.4, -0.2) is 27.1 Å². The molecule has 3 rings (SSSR count). The molecule has 0 bridgehead atoms. The monoisotopic (exact) mass is 301 g/mol. The Morgan fingerprint density at radius 3 is 2.91 bits per heavy atom. The van der Waals surface area contributed by atoms with Crippen molar-refractivity contribution in [3.8, 4) is 0 Å². The summed E-state index contributed by atoms with van der Waals surface area (Å²) < 4.78 is 15.2. The van der Waals surface area contributed by atoms with E-state index in [4.69, 9.17) is 0 Å². The molecule has 5 heteroatoms. The zero-order valence-electron chi connectivity index (χ0n) is 12.7. The van der Waals surface area contributed by atoms with Gasteiger partial charge in [-0.3, -0.25) is 9.48 Å². The molecule has 22 heavy (non-hydrogen) atoms. The second-order valence-electron chi connectivity index (χ2n) is 5.82. The number of halogens is 1. The van der Waals surface area contributed by atoms with Crippen molar-refractivity contribution < 1.29 is 9.18 Å². The maximum atomic E-state index is 13.4. The molecule has 1 aromatic heterocycles. The molecular weight excluding hydrogens is 281 g/mol. The van der Waals surface area contributed by atoms with Gasteiger partial charge in [0.15, 0.2) is 0 Å². The maximum Gasteiger partial charge on any atom is 0.254 e. The lowest BCUT2D eigenvalue weighted by Gasteiger charge is -2.29. The van der Waals surface area contributed by atoms with Gasteiger partial charge in [-0.15, -0.1) is 0 Å². The molecule has 0 N–H and O–H groups in total. The highest BCUT2D eigenvalue weighted by Crippen LogP contribution is 2.31. The van der Waals surface area contributed by atoms with Gasteiger partial charge in [-0.1, -0.05) is 18.9 Å². The summed E-state index contributed by atoms with van der Waals surface area (Å²) in [7, 11) is 1.87. The average molecular weight is 301 g/mol. The van der Waals surface area contributed by atoms with Crippen molar-refractivity contribution in [3.63, 3.8) is 0 Å². The van der Waals surface area contributed by atoms with Crippen molar-refractivity contribution in [2.75, 3.05) is 6.54 Å². The topological polar surface area (TPSA) is 38.1 Å². The van der Waals surface area contributed by atoms with Gasteiger partial charge in [-0.2, -0.15) is 5.10 Å². The molecule has 1 fully saturated rings. The van der Waals surface area contributed by atoms with Crippen molar-refractivity contribution in [1.29, 1.82) is 0 Å². The fourth-order valence-corrected chi connectivity index (χ4v) is 3.10. The van der Waals surface area contributed by atoms with E-state index >= 15 is 0 Å². The molecule has 1 aliphatic rings. The molecule has 0 spiro atoms. The number of rotatable bonds is 2. The predicted molar refractivity (Wildman–Crippen MR) is 81.9 cm³/mol. The normalized spacial score (nSPS) is 19.0. The molecule has 116 valence electrons. The summed E-state index contributed by atoms with van der Waals surface area (Å²) in [4.78, 5) is 14.7. The standard InChI is InChI=1S/C17H20FN3O/c1-20-12-14(11-19-20)16-8-3-2-4-9-21(16)17(22)13-6-5-7-15(18)10-13/h5-7,10-12,16H,2-4,8-9H2,1H3/t16-/m0/s1. The van der Waals surface area contributed by atoms with Crippen molar-refractivity contribution in [2.45, 2.75) is 31.7 Å². The Kier molecular flexibility index (Phi) is 4.22. The van der Waals surface area contributed by atoms with Crippen molar-refractivity contribution in [3.05, 3.63) is 53.6 Å². The molecule has 1 amide bonds. The minimum absolute atomic E-state index is 0.0203. The van der Waals surface area contributed by atoms with Crippen molar-refractivity contribution in [2.24, 2.45) is 7.05 Å². The van der Waals surface area contributed by atoms with Crippen LogP contribution in [0.5, 0.6) is 0 Å². The van der Waals surface area contributed by atoms with E-state index in [9.17, 15) is 9.18 Å². The van der Waals surface area contributed by atoms with Gasteiger partial charge < -0.3 is 4.90 Å². The smallest absolute Gasteiger partial charge is 0.254 e. The molecule has 1 atom stereocenters. The first kappa shape index (κ1) is 14.8. The maximum absolute atomic E-state index is 13.4. The summed E-state index contributed by atoms with van der Waals surface area (Å²) in [6.07, 6.45) is 7.89.